The van der Waals surface area contributed by atoms with E-state index in [1.165, 1.54) is 21.7 Å². The van der Waals surface area contributed by atoms with Crippen LogP contribution in [0.2, 0.25) is 0 Å². The number of hydrogen-bond donors (Lipinski definition) is 0. The molecule has 0 N–H and O–H groups in total. The molecule has 0 bridgehead atoms. The molecule has 1 atom stereocenters. The van der Waals surface area contributed by atoms with E-state index in [4.69, 9.17) is 4.99 Å². The quantitative estimate of drug-likeness (QED) is 0.334. The lowest BCUT2D eigenvalue weighted by Gasteiger charge is -2.32. The van der Waals surface area contributed by atoms with Gasteiger partial charge in [-0.1, -0.05) is 54.2 Å². The smallest absolute Gasteiger partial charge is 0.0900 e. The molecule has 0 saturated heterocycles. The molecule has 0 amide bonds. The second-order valence-corrected chi connectivity index (χ2v) is 9.57. The van der Waals surface area contributed by atoms with E-state index in [1.54, 1.807) is 0 Å². The Balaban J connectivity index is 3.43. The number of allylic oxidation sites excluding steroid dienone is 4. The molecule has 1 aromatic rings. The number of aromatic nitrogens is 1. The van der Waals surface area contributed by atoms with Crippen LogP contribution in [0.1, 0.15) is 77.4 Å². The molecule has 1 aromatic heterocycles. The molecular formula is C24H38N2S. The van der Waals surface area contributed by atoms with Crippen LogP contribution in [0.25, 0.3) is 0 Å². The van der Waals surface area contributed by atoms with Gasteiger partial charge in [-0.25, -0.2) is 4.98 Å². The lowest BCUT2D eigenvalue weighted by molar-refractivity contribution is 0.402. The lowest BCUT2D eigenvalue weighted by atomic mass is 9.74. The predicted octanol–water partition coefficient (Wildman–Crippen LogP) is 7.59. The largest absolute Gasteiger partial charge is 0.258 e. The fourth-order valence-corrected chi connectivity index (χ4v) is 4.12. The zero-order chi connectivity index (χ0) is 20.9. The van der Waals surface area contributed by atoms with Gasteiger partial charge in [0.15, 0.2) is 0 Å². The van der Waals surface area contributed by atoms with Crippen molar-refractivity contribution in [2.24, 2.45) is 16.8 Å². The summed E-state index contributed by atoms with van der Waals surface area (Å²) in [5, 5.41) is 1.13. The fraction of sp³-hybridized carbons (Fsp3) is 0.583. The Hall–Kier alpha value is -1.48. The highest BCUT2D eigenvalue weighted by atomic mass is 32.1. The standard InChI is InChI=1S/C24H38N2S/c1-12-16(5)22(26-18(7)15(3)4)14-21(13-2)17(6)24(10,11)23-19(8)25-20(9)27-23/h13-15,17H,2,12H2,1,3-11H3/b21-14+,22-16+,26-18?. The van der Waals surface area contributed by atoms with Gasteiger partial charge in [-0.3, -0.25) is 4.99 Å². The lowest BCUT2D eigenvalue weighted by Crippen LogP contribution is -2.27. The average molecular weight is 387 g/mol. The molecule has 0 spiro atoms. The highest BCUT2D eigenvalue weighted by Gasteiger charge is 2.33. The molecule has 3 heteroatoms. The molecule has 1 unspecified atom stereocenters. The Labute approximate surface area is 171 Å². The number of aryl methyl sites for hydroxylation is 2. The maximum absolute atomic E-state index is 4.96. The van der Waals surface area contributed by atoms with Gasteiger partial charge < -0.3 is 0 Å². The minimum atomic E-state index is -0.0158. The zero-order valence-electron chi connectivity index (χ0n) is 19.0. The van der Waals surface area contributed by atoms with Crippen LogP contribution in [-0.2, 0) is 5.41 Å². The summed E-state index contributed by atoms with van der Waals surface area (Å²) in [5.74, 6) is 0.754. The molecule has 1 rings (SSSR count). The van der Waals surface area contributed by atoms with Gasteiger partial charge in [0.25, 0.3) is 0 Å². The van der Waals surface area contributed by atoms with Crippen LogP contribution in [0.15, 0.2) is 40.6 Å². The molecule has 1 heterocycles. The van der Waals surface area contributed by atoms with Crippen molar-refractivity contribution in [3.8, 4) is 0 Å². The van der Waals surface area contributed by atoms with Gasteiger partial charge in [0.1, 0.15) is 0 Å². The van der Waals surface area contributed by atoms with Crippen LogP contribution in [0, 0.1) is 25.7 Å². The van der Waals surface area contributed by atoms with Crippen LogP contribution in [0.4, 0.5) is 0 Å². The number of rotatable bonds is 8. The van der Waals surface area contributed by atoms with E-state index in [9.17, 15) is 0 Å². The fourth-order valence-electron chi connectivity index (χ4n) is 3.01. The third-order valence-corrected chi connectivity index (χ3v) is 7.12. The van der Waals surface area contributed by atoms with Crippen LogP contribution in [-0.4, -0.2) is 10.7 Å². The minimum Gasteiger partial charge on any atom is -0.258 e. The summed E-state index contributed by atoms with van der Waals surface area (Å²) < 4.78 is 0. The number of thiazole rings is 1. The summed E-state index contributed by atoms with van der Waals surface area (Å²) in [5.41, 5.74) is 5.92. The van der Waals surface area contributed by atoms with Crippen molar-refractivity contribution in [3.05, 3.63) is 51.2 Å². The van der Waals surface area contributed by atoms with Gasteiger partial charge in [0, 0.05) is 16.0 Å². The first-order valence-corrected chi connectivity index (χ1v) is 10.8. The van der Waals surface area contributed by atoms with Gasteiger partial charge in [0.05, 0.1) is 16.4 Å². The Kier molecular flexibility index (Phi) is 8.41. The first-order chi connectivity index (χ1) is 12.4. The zero-order valence-corrected chi connectivity index (χ0v) is 19.8. The molecule has 0 aliphatic carbocycles. The number of aliphatic imine (C=N–C) groups is 1. The Morgan fingerprint density at radius 1 is 1.22 bits per heavy atom. The maximum Gasteiger partial charge on any atom is 0.0900 e. The molecule has 0 aromatic carbocycles. The van der Waals surface area contributed by atoms with Crippen molar-refractivity contribution in [2.75, 3.05) is 0 Å². The van der Waals surface area contributed by atoms with Gasteiger partial charge in [0.2, 0.25) is 0 Å². The van der Waals surface area contributed by atoms with E-state index in [-0.39, 0.29) is 5.41 Å². The molecule has 0 aliphatic rings. The van der Waals surface area contributed by atoms with E-state index in [2.05, 4.69) is 86.9 Å². The summed E-state index contributed by atoms with van der Waals surface area (Å²) in [6.45, 7) is 26.1. The van der Waals surface area contributed by atoms with Crippen molar-refractivity contribution < 1.29 is 0 Å². The number of nitrogens with zero attached hydrogens (tertiary/aromatic N) is 2. The normalized spacial score (nSPS) is 15.8. The van der Waals surface area contributed by atoms with Crippen molar-refractivity contribution in [1.82, 2.24) is 4.98 Å². The topological polar surface area (TPSA) is 25.2 Å². The highest BCUT2D eigenvalue weighted by Crippen LogP contribution is 2.41. The van der Waals surface area contributed by atoms with Gasteiger partial charge in [-0.05, 0) is 63.2 Å². The van der Waals surface area contributed by atoms with E-state index < -0.39 is 0 Å². The van der Waals surface area contributed by atoms with Crippen LogP contribution in [0.5, 0.6) is 0 Å². The first kappa shape index (κ1) is 23.6. The monoisotopic (exact) mass is 386 g/mol. The molecular weight excluding hydrogens is 348 g/mol. The molecule has 0 saturated carbocycles. The third-order valence-electron chi connectivity index (χ3n) is 5.71. The summed E-state index contributed by atoms with van der Waals surface area (Å²) in [7, 11) is 0. The van der Waals surface area contributed by atoms with Crippen LogP contribution < -0.4 is 0 Å². The average Bonchev–Trinajstić information content (AvgIpc) is 2.95. The van der Waals surface area contributed by atoms with Gasteiger partial charge in [-0.2, -0.15) is 0 Å². The van der Waals surface area contributed by atoms with Gasteiger partial charge in [-0.15, -0.1) is 11.3 Å². The van der Waals surface area contributed by atoms with Crippen molar-refractivity contribution >= 4 is 17.0 Å². The van der Waals surface area contributed by atoms with Crippen molar-refractivity contribution in [2.45, 2.75) is 81.1 Å². The third kappa shape index (κ3) is 5.75. The van der Waals surface area contributed by atoms with Crippen LogP contribution >= 0.6 is 11.3 Å². The Morgan fingerprint density at radius 3 is 2.22 bits per heavy atom. The molecule has 150 valence electrons. The minimum absolute atomic E-state index is 0.0158. The van der Waals surface area contributed by atoms with E-state index in [0.717, 1.165) is 22.8 Å². The first-order valence-electron chi connectivity index (χ1n) is 9.99. The van der Waals surface area contributed by atoms with Crippen molar-refractivity contribution in [1.29, 1.82) is 0 Å². The number of hydrogen-bond acceptors (Lipinski definition) is 3. The van der Waals surface area contributed by atoms with Gasteiger partial charge >= 0.3 is 0 Å². The van der Waals surface area contributed by atoms with E-state index in [1.807, 2.05) is 17.4 Å². The summed E-state index contributed by atoms with van der Waals surface area (Å²) in [4.78, 5) is 11.0. The maximum atomic E-state index is 4.96. The molecule has 27 heavy (non-hydrogen) atoms. The van der Waals surface area contributed by atoms with E-state index >= 15 is 0 Å². The Bertz CT molecular complexity index is 757. The van der Waals surface area contributed by atoms with E-state index in [0.29, 0.717) is 11.8 Å². The predicted molar refractivity (Wildman–Crippen MR) is 123 cm³/mol. The summed E-state index contributed by atoms with van der Waals surface area (Å²) in [6, 6.07) is 0. The second kappa shape index (κ2) is 9.64. The molecule has 0 radical (unpaired) electrons. The SMILES string of the molecule is C=C/C(=C\C(N=C(C)C(C)C)=C(\C)CC)C(C)C(C)(C)c1sc(C)nc1C. The molecule has 0 fully saturated rings. The van der Waals surface area contributed by atoms with Crippen molar-refractivity contribution in [3.63, 3.8) is 0 Å². The second-order valence-electron chi connectivity index (χ2n) is 8.37. The molecule has 2 nitrogen and oxygen atoms in total. The summed E-state index contributed by atoms with van der Waals surface area (Å²) in [6.07, 6.45) is 5.24. The Morgan fingerprint density at radius 2 is 1.81 bits per heavy atom. The summed E-state index contributed by atoms with van der Waals surface area (Å²) >= 11 is 1.81. The highest BCUT2D eigenvalue weighted by molar-refractivity contribution is 7.11. The molecule has 0 aliphatic heterocycles. The van der Waals surface area contributed by atoms with Crippen LogP contribution in [0.3, 0.4) is 0 Å².